The highest BCUT2D eigenvalue weighted by Gasteiger charge is 2.19. The van der Waals surface area contributed by atoms with Crippen LogP contribution in [0.15, 0.2) is 65.7 Å². The fraction of sp³-hybridized carbons (Fsp3) is 0.217. The van der Waals surface area contributed by atoms with Gasteiger partial charge in [0.25, 0.3) is 5.91 Å². The van der Waals surface area contributed by atoms with E-state index in [1.807, 2.05) is 54.9 Å². The number of anilines is 2. The van der Waals surface area contributed by atoms with Crippen LogP contribution in [0.2, 0.25) is 0 Å². The molecule has 1 aliphatic heterocycles. The molecule has 0 radical (unpaired) electrons. The number of hydrogen-bond acceptors (Lipinski definition) is 4. The highest BCUT2D eigenvalue weighted by atomic mass is 32.1. The average molecular weight is 390 g/mol. The summed E-state index contributed by atoms with van der Waals surface area (Å²) in [4.78, 5) is 19.3. The van der Waals surface area contributed by atoms with Crippen molar-refractivity contribution in [3.63, 3.8) is 0 Å². The molecule has 0 spiro atoms. The van der Waals surface area contributed by atoms with Gasteiger partial charge in [0.15, 0.2) is 5.13 Å². The average Bonchev–Trinajstić information content (AvgIpc) is 3.24. The van der Waals surface area contributed by atoms with Crippen molar-refractivity contribution >= 4 is 33.6 Å². The van der Waals surface area contributed by atoms with E-state index >= 15 is 0 Å². The van der Waals surface area contributed by atoms with E-state index in [2.05, 4.69) is 34.3 Å². The third-order valence-electron chi connectivity index (χ3n) is 5.19. The highest BCUT2D eigenvalue weighted by Crippen LogP contribution is 2.31. The second-order valence-corrected chi connectivity index (χ2v) is 7.96. The van der Waals surface area contributed by atoms with E-state index in [1.165, 1.54) is 16.7 Å². The molecule has 5 heteroatoms. The van der Waals surface area contributed by atoms with Gasteiger partial charge >= 0.3 is 0 Å². The second kappa shape index (κ2) is 7.98. The summed E-state index contributed by atoms with van der Waals surface area (Å²) in [6.07, 6.45) is 2.90. The highest BCUT2D eigenvalue weighted by molar-refractivity contribution is 7.13. The van der Waals surface area contributed by atoms with Gasteiger partial charge in [-0.3, -0.25) is 4.79 Å². The lowest BCUT2D eigenvalue weighted by molar-refractivity contribution is 0.102. The molecule has 0 aliphatic carbocycles. The van der Waals surface area contributed by atoms with Crippen LogP contribution in [0.4, 0.5) is 10.8 Å². The van der Waals surface area contributed by atoms with Gasteiger partial charge in [0, 0.05) is 35.9 Å². The molecular weight excluding hydrogens is 366 g/mol. The number of carbonyl (C=O) groups is 1. The minimum absolute atomic E-state index is 0.0751. The van der Waals surface area contributed by atoms with Crippen LogP contribution in [0, 0.1) is 6.92 Å². The fourth-order valence-electron chi connectivity index (χ4n) is 3.51. The molecule has 2 heterocycles. The number of aromatic nitrogens is 1. The van der Waals surface area contributed by atoms with E-state index in [4.69, 9.17) is 0 Å². The first-order valence-electron chi connectivity index (χ1n) is 9.42. The van der Waals surface area contributed by atoms with Crippen LogP contribution in [-0.4, -0.2) is 24.0 Å². The first-order valence-corrected chi connectivity index (χ1v) is 10.3. The van der Waals surface area contributed by atoms with E-state index in [9.17, 15) is 4.79 Å². The van der Waals surface area contributed by atoms with Crippen LogP contribution < -0.4 is 10.2 Å². The molecule has 142 valence electrons. The summed E-state index contributed by atoms with van der Waals surface area (Å²) >= 11 is 1.68. The number of hydrogen-bond donors (Lipinski definition) is 1. The summed E-state index contributed by atoms with van der Waals surface area (Å²) in [5.41, 5.74) is 6.46. The molecule has 4 rings (SSSR count). The van der Waals surface area contributed by atoms with Gasteiger partial charge in [-0.1, -0.05) is 35.9 Å². The van der Waals surface area contributed by atoms with Gasteiger partial charge in [0.1, 0.15) is 0 Å². The molecule has 4 nitrogen and oxygen atoms in total. The molecule has 0 saturated heterocycles. The summed E-state index contributed by atoms with van der Waals surface area (Å²) in [5.74, 6) is -0.0751. The first-order chi connectivity index (χ1) is 13.6. The first kappa shape index (κ1) is 18.4. The zero-order chi connectivity index (χ0) is 19.5. The molecule has 2 aromatic carbocycles. The van der Waals surface area contributed by atoms with Gasteiger partial charge in [-0.2, -0.15) is 0 Å². The molecule has 0 unspecified atom stereocenters. The molecule has 0 bridgehead atoms. The SMILES string of the molecule is CC1=C(c2ccc(NC(=O)c3ccccc3C)cc2)CN(c2nccs2)CC1. The maximum Gasteiger partial charge on any atom is 0.255 e. The number of thiazole rings is 1. The Kier molecular flexibility index (Phi) is 5.26. The largest absolute Gasteiger partial charge is 0.343 e. The van der Waals surface area contributed by atoms with Crippen molar-refractivity contribution in [2.75, 3.05) is 23.3 Å². The van der Waals surface area contributed by atoms with Gasteiger partial charge in [-0.25, -0.2) is 4.98 Å². The number of nitrogens with zero attached hydrogens (tertiary/aromatic N) is 2. The van der Waals surface area contributed by atoms with Crippen molar-refractivity contribution in [2.24, 2.45) is 0 Å². The number of rotatable bonds is 4. The Balaban J connectivity index is 1.50. The van der Waals surface area contributed by atoms with Gasteiger partial charge in [-0.15, -0.1) is 11.3 Å². The fourth-order valence-corrected chi connectivity index (χ4v) is 4.18. The maximum absolute atomic E-state index is 12.5. The van der Waals surface area contributed by atoms with Crippen LogP contribution in [-0.2, 0) is 0 Å². The molecule has 1 aromatic heterocycles. The topological polar surface area (TPSA) is 45.2 Å². The van der Waals surface area contributed by atoms with Crippen molar-refractivity contribution in [3.05, 3.63) is 82.4 Å². The van der Waals surface area contributed by atoms with E-state index in [0.29, 0.717) is 5.56 Å². The van der Waals surface area contributed by atoms with Gasteiger partial charge in [-0.05, 0) is 55.2 Å². The van der Waals surface area contributed by atoms with Crippen molar-refractivity contribution in [1.82, 2.24) is 4.98 Å². The van der Waals surface area contributed by atoms with Crippen molar-refractivity contribution < 1.29 is 4.79 Å². The lowest BCUT2D eigenvalue weighted by Gasteiger charge is -2.30. The van der Waals surface area contributed by atoms with E-state index in [-0.39, 0.29) is 5.91 Å². The molecule has 28 heavy (non-hydrogen) atoms. The monoisotopic (exact) mass is 389 g/mol. The number of benzene rings is 2. The Morgan fingerprint density at radius 1 is 1.11 bits per heavy atom. The molecule has 0 saturated carbocycles. The Labute approximate surface area is 169 Å². The minimum atomic E-state index is -0.0751. The quantitative estimate of drug-likeness (QED) is 0.651. The molecule has 0 atom stereocenters. The number of aryl methyl sites for hydroxylation is 1. The van der Waals surface area contributed by atoms with Gasteiger partial charge < -0.3 is 10.2 Å². The third-order valence-corrected chi connectivity index (χ3v) is 6.02. The van der Waals surface area contributed by atoms with Crippen molar-refractivity contribution in [1.29, 1.82) is 0 Å². The molecule has 1 amide bonds. The summed E-state index contributed by atoms with van der Waals surface area (Å²) < 4.78 is 0. The second-order valence-electron chi connectivity index (χ2n) is 7.09. The normalized spacial score (nSPS) is 14.3. The predicted molar refractivity (Wildman–Crippen MR) is 117 cm³/mol. The van der Waals surface area contributed by atoms with Crippen LogP contribution >= 0.6 is 11.3 Å². The third kappa shape index (κ3) is 3.85. The zero-order valence-electron chi connectivity index (χ0n) is 16.1. The van der Waals surface area contributed by atoms with Crippen molar-refractivity contribution in [2.45, 2.75) is 20.3 Å². The lowest BCUT2D eigenvalue weighted by atomic mass is 9.95. The number of amides is 1. The molecular formula is C23H23N3OS. The molecule has 3 aromatic rings. The standard InChI is InChI=1S/C23H23N3OS/c1-16-5-3-4-6-20(16)22(27)25-19-9-7-18(8-10-19)21-15-26(13-11-17(21)2)23-24-12-14-28-23/h3-10,12,14H,11,13,15H2,1-2H3,(H,25,27). The molecule has 1 N–H and O–H groups in total. The summed E-state index contributed by atoms with van der Waals surface area (Å²) in [7, 11) is 0. The molecule has 0 fully saturated rings. The van der Waals surface area contributed by atoms with Crippen molar-refractivity contribution in [3.8, 4) is 0 Å². The summed E-state index contributed by atoms with van der Waals surface area (Å²) in [6, 6.07) is 15.8. The lowest BCUT2D eigenvalue weighted by Crippen LogP contribution is -2.30. The Hall–Kier alpha value is -2.92. The predicted octanol–water partition coefficient (Wildman–Crippen LogP) is 5.39. The van der Waals surface area contributed by atoms with Crippen LogP contribution in [0.25, 0.3) is 5.57 Å². The van der Waals surface area contributed by atoms with E-state index in [1.54, 1.807) is 11.3 Å². The van der Waals surface area contributed by atoms with Crippen LogP contribution in [0.1, 0.15) is 34.8 Å². The smallest absolute Gasteiger partial charge is 0.255 e. The Bertz CT molecular complexity index is 1010. The molecule has 1 aliphatic rings. The zero-order valence-corrected chi connectivity index (χ0v) is 16.9. The number of nitrogens with one attached hydrogen (secondary N) is 1. The van der Waals surface area contributed by atoms with Crippen LogP contribution in [0.3, 0.4) is 0 Å². The van der Waals surface area contributed by atoms with E-state index in [0.717, 1.165) is 35.9 Å². The number of carbonyl (C=O) groups excluding carboxylic acids is 1. The van der Waals surface area contributed by atoms with E-state index < -0.39 is 0 Å². The van der Waals surface area contributed by atoms with Gasteiger partial charge in [0.05, 0.1) is 0 Å². The minimum Gasteiger partial charge on any atom is -0.343 e. The summed E-state index contributed by atoms with van der Waals surface area (Å²) in [5, 5.41) is 6.09. The van der Waals surface area contributed by atoms with Gasteiger partial charge in [0.2, 0.25) is 0 Å². The summed E-state index contributed by atoms with van der Waals surface area (Å²) in [6.45, 7) is 6.04. The Morgan fingerprint density at radius 2 is 1.89 bits per heavy atom. The maximum atomic E-state index is 12.5. The van der Waals surface area contributed by atoms with Crippen LogP contribution in [0.5, 0.6) is 0 Å². The Morgan fingerprint density at radius 3 is 2.61 bits per heavy atom.